The summed E-state index contributed by atoms with van der Waals surface area (Å²) in [5.74, 6) is -0.440. The fourth-order valence-corrected chi connectivity index (χ4v) is 5.82. The maximum Gasteiger partial charge on any atom is 0.246 e. The van der Waals surface area contributed by atoms with Gasteiger partial charge in [-0.1, -0.05) is 44.2 Å². The summed E-state index contributed by atoms with van der Waals surface area (Å²) in [6, 6.07) is 12.9. The van der Waals surface area contributed by atoms with E-state index in [1.165, 1.54) is 4.31 Å². The minimum atomic E-state index is -3.63. The summed E-state index contributed by atoms with van der Waals surface area (Å²) in [6.45, 7) is 9.10. The van der Waals surface area contributed by atoms with Crippen LogP contribution in [0.5, 0.6) is 0 Å². The Bertz CT molecular complexity index is 1180. The number of carbonyl (C=O) groups is 2. The normalized spacial score (nSPS) is 15.1. The minimum Gasteiger partial charge on any atom is -0.339 e. The Balaban J connectivity index is 1.65. The molecule has 188 valence electrons. The second-order valence-corrected chi connectivity index (χ2v) is 10.8. The Labute approximate surface area is 208 Å². The maximum absolute atomic E-state index is 13.0. The van der Waals surface area contributed by atoms with Crippen LogP contribution in [0, 0.1) is 19.8 Å². The van der Waals surface area contributed by atoms with Crippen LogP contribution in [-0.2, 0) is 19.6 Å². The van der Waals surface area contributed by atoms with Crippen molar-refractivity contribution in [3.05, 3.63) is 65.2 Å². The van der Waals surface area contributed by atoms with E-state index in [-0.39, 0.29) is 22.6 Å². The van der Waals surface area contributed by atoms with E-state index in [1.54, 1.807) is 43.0 Å². The van der Waals surface area contributed by atoms with Crippen LogP contribution >= 0.6 is 0 Å². The van der Waals surface area contributed by atoms with E-state index >= 15 is 0 Å². The number of anilines is 1. The standard InChI is InChI=1S/C27H35N3O4S/c1-5-30(6-2)35(33,34)24-18-20(3)21(4)25(19-24)28-27(32)23-14-16-29(17-15-23)26(31)13-12-22-10-8-7-9-11-22/h7-13,18-19,23H,5-6,14-17H2,1-4H3,(H,28,32)/b13-12+. The Morgan fingerprint density at radius 1 is 1.06 bits per heavy atom. The molecule has 0 aliphatic carbocycles. The highest BCUT2D eigenvalue weighted by molar-refractivity contribution is 7.89. The number of hydrogen-bond acceptors (Lipinski definition) is 4. The molecule has 3 rings (SSSR count). The van der Waals surface area contributed by atoms with Gasteiger partial charge in [-0.2, -0.15) is 4.31 Å². The summed E-state index contributed by atoms with van der Waals surface area (Å²) in [6.07, 6.45) is 4.49. The number of nitrogens with zero attached hydrogens (tertiary/aromatic N) is 2. The van der Waals surface area contributed by atoms with Crippen molar-refractivity contribution in [3.8, 4) is 0 Å². The quantitative estimate of drug-likeness (QED) is 0.553. The molecule has 0 bridgehead atoms. The van der Waals surface area contributed by atoms with E-state index in [1.807, 2.05) is 44.2 Å². The molecule has 1 aliphatic heterocycles. The van der Waals surface area contributed by atoms with Gasteiger partial charge < -0.3 is 10.2 Å². The molecular weight excluding hydrogens is 462 g/mol. The van der Waals surface area contributed by atoms with E-state index in [0.717, 1.165) is 16.7 Å². The number of amides is 2. The largest absolute Gasteiger partial charge is 0.339 e. The number of aryl methyl sites for hydroxylation is 1. The number of piperidine rings is 1. The lowest BCUT2D eigenvalue weighted by molar-refractivity contribution is -0.130. The van der Waals surface area contributed by atoms with Gasteiger partial charge in [0.25, 0.3) is 0 Å². The zero-order chi connectivity index (χ0) is 25.6. The van der Waals surface area contributed by atoms with Gasteiger partial charge in [0.1, 0.15) is 0 Å². The summed E-state index contributed by atoms with van der Waals surface area (Å²) in [4.78, 5) is 27.5. The third-order valence-electron chi connectivity index (χ3n) is 6.64. The molecule has 0 spiro atoms. The van der Waals surface area contributed by atoms with Crippen LogP contribution in [0.2, 0.25) is 0 Å². The highest BCUT2D eigenvalue weighted by atomic mass is 32.2. The molecule has 0 unspecified atom stereocenters. The predicted octanol–water partition coefficient (Wildman–Crippen LogP) is 4.22. The second kappa shape index (κ2) is 11.6. The van der Waals surface area contributed by atoms with E-state index < -0.39 is 10.0 Å². The van der Waals surface area contributed by atoms with Crippen molar-refractivity contribution < 1.29 is 18.0 Å². The Morgan fingerprint density at radius 3 is 2.29 bits per heavy atom. The lowest BCUT2D eigenvalue weighted by Gasteiger charge is -2.31. The third-order valence-corrected chi connectivity index (χ3v) is 8.66. The lowest BCUT2D eigenvalue weighted by atomic mass is 9.95. The molecule has 1 aliphatic rings. The van der Waals surface area contributed by atoms with E-state index in [0.29, 0.717) is 44.7 Å². The molecule has 0 saturated carbocycles. The highest BCUT2D eigenvalue weighted by Gasteiger charge is 2.28. The molecular formula is C27H35N3O4S. The molecule has 0 atom stereocenters. The minimum absolute atomic E-state index is 0.0616. The van der Waals surface area contributed by atoms with E-state index in [4.69, 9.17) is 0 Å². The zero-order valence-corrected chi connectivity index (χ0v) is 21.8. The zero-order valence-electron chi connectivity index (χ0n) is 21.0. The fraction of sp³-hybridized carbons (Fsp3) is 0.407. The molecule has 7 nitrogen and oxygen atoms in total. The van der Waals surface area contributed by atoms with Crippen molar-refractivity contribution in [1.82, 2.24) is 9.21 Å². The number of hydrogen-bond donors (Lipinski definition) is 1. The van der Waals surface area contributed by atoms with Crippen molar-refractivity contribution in [2.24, 2.45) is 5.92 Å². The molecule has 0 aromatic heterocycles. The van der Waals surface area contributed by atoms with Crippen molar-refractivity contribution in [2.45, 2.75) is 45.4 Å². The molecule has 8 heteroatoms. The number of benzene rings is 2. The second-order valence-electron chi connectivity index (χ2n) is 8.83. The number of nitrogens with one attached hydrogen (secondary N) is 1. The number of sulfonamides is 1. The molecule has 0 radical (unpaired) electrons. The number of likely N-dealkylation sites (tertiary alicyclic amines) is 1. The van der Waals surface area contributed by atoms with Gasteiger partial charge in [0, 0.05) is 43.9 Å². The van der Waals surface area contributed by atoms with Gasteiger partial charge in [-0.05, 0) is 61.6 Å². The van der Waals surface area contributed by atoms with Crippen LogP contribution in [0.1, 0.15) is 43.4 Å². The van der Waals surface area contributed by atoms with Crippen LogP contribution in [-0.4, -0.2) is 55.6 Å². The summed E-state index contributed by atoms with van der Waals surface area (Å²) in [5, 5.41) is 2.96. The van der Waals surface area contributed by atoms with Gasteiger partial charge in [0.05, 0.1) is 4.90 Å². The summed E-state index contributed by atoms with van der Waals surface area (Å²) >= 11 is 0. The number of carbonyl (C=O) groups excluding carboxylic acids is 2. The molecule has 1 N–H and O–H groups in total. The van der Waals surface area contributed by atoms with Gasteiger partial charge in [-0.25, -0.2) is 8.42 Å². The first kappa shape index (κ1) is 26.6. The average Bonchev–Trinajstić information content (AvgIpc) is 2.86. The first-order chi connectivity index (χ1) is 16.7. The SMILES string of the molecule is CCN(CC)S(=O)(=O)c1cc(C)c(C)c(NC(=O)C2CCN(C(=O)/C=C/c3ccccc3)CC2)c1. The Morgan fingerprint density at radius 2 is 1.69 bits per heavy atom. The van der Waals surface area contributed by atoms with Gasteiger partial charge in [0.15, 0.2) is 0 Å². The molecule has 1 heterocycles. The smallest absolute Gasteiger partial charge is 0.246 e. The van der Waals surface area contributed by atoms with Crippen molar-refractivity contribution >= 4 is 33.6 Å². The summed E-state index contributed by atoms with van der Waals surface area (Å²) in [7, 11) is -3.63. The van der Waals surface area contributed by atoms with E-state index in [2.05, 4.69) is 5.32 Å². The highest BCUT2D eigenvalue weighted by Crippen LogP contribution is 2.28. The van der Waals surface area contributed by atoms with Crippen LogP contribution in [0.25, 0.3) is 6.08 Å². The number of rotatable bonds is 8. The van der Waals surface area contributed by atoms with Crippen molar-refractivity contribution in [2.75, 3.05) is 31.5 Å². The topological polar surface area (TPSA) is 86.8 Å². The van der Waals surface area contributed by atoms with Crippen LogP contribution in [0.3, 0.4) is 0 Å². The first-order valence-electron chi connectivity index (χ1n) is 12.1. The van der Waals surface area contributed by atoms with Crippen molar-refractivity contribution in [3.63, 3.8) is 0 Å². The first-order valence-corrected chi connectivity index (χ1v) is 13.6. The van der Waals surface area contributed by atoms with Gasteiger partial charge in [0.2, 0.25) is 21.8 Å². The molecule has 2 aromatic rings. The Hall–Kier alpha value is -2.97. The summed E-state index contributed by atoms with van der Waals surface area (Å²) < 4.78 is 27.4. The molecule has 1 fully saturated rings. The van der Waals surface area contributed by atoms with Crippen LogP contribution in [0.4, 0.5) is 5.69 Å². The monoisotopic (exact) mass is 497 g/mol. The summed E-state index contributed by atoms with van der Waals surface area (Å²) in [5.41, 5.74) is 3.13. The van der Waals surface area contributed by atoms with Gasteiger partial charge >= 0.3 is 0 Å². The van der Waals surface area contributed by atoms with Crippen LogP contribution in [0.15, 0.2) is 53.4 Å². The molecule has 2 aromatic carbocycles. The predicted molar refractivity (Wildman–Crippen MR) is 139 cm³/mol. The molecule has 35 heavy (non-hydrogen) atoms. The fourth-order valence-electron chi connectivity index (χ4n) is 4.25. The lowest BCUT2D eigenvalue weighted by Crippen LogP contribution is -2.40. The molecule has 1 saturated heterocycles. The van der Waals surface area contributed by atoms with Gasteiger partial charge in [-0.3, -0.25) is 9.59 Å². The Kier molecular flexibility index (Phi) is 8.86. The van der Waals surface area contributed by atoms with Crippen LogP contribution < -0.4 is 5.32 Å². The third kappa shape index (κ3) is 6.38. The molecule has 2 amide bonds. The average molecular weight is 498 g/mol. The maximum atomic E-state index is 13.0. The van der Waals surface area contributed by atoms with E-state index in [9.17, 15) is 18.0 Å². The van der Waals surface area contributed by atoms with Gasteiger partial charge in [-0.15, -0.1) is 0 Å². The van der Waals surface area contributed by atoms with Crippen molar-refractivity contribution in [1.29, 1.82) is 0 Å².